The van der Waals surface area contributed by atoms with E-state index in [4.69, 9.17) is 11.6 Å². The van der Waals surface area contributed by atoms with Crippen LogP contribution in [0.5, 0.6) is 0 Å². The van der Waals surface area contributed by atoms with Gasteiger partial charge in [0, 0.05) is 11.1 Å². The number of nitrogens with one attached hydrogen (secondary N) is 1. The van der Waals surface area contributed by atoms with Crippen LogP contribution in [0.25, 0.3) is 0 Å². The van der Waals surface area contributed by atoms with Crippen LogP contribution in [0.1, 0.15) is 18.2 Å². The van der Waals surface area contributed by atoms with Crippen molar-refractivity contribution in [2.24, 2.45) is 0 Å². The Morgan fingerprint density at radius 3 is 2.62 bits per heavy atom. The van der Waals surface area contributed by atoms with Crippen molar-refractivity contribution in [3.63, 3.8) is 0 Å². The van der Waals surface area contributed by atoms with Gasteiger partial charge in [0.15, 0.2) is 5.13 Å². The summed E-state index contributed by atoms with van der Waals surface area (Å²) < 4.78 is 0. The average Bonchev–Trinajstić information content (AvgIpc) is 2.78. The van der Waals surface area contributed by atoms with Gasteiger partial charge < -0.3 is 5.32 Å². The normalized spacial score (nSPS) is 10.4. The molecular formula is C12H13ClN2S. The zero-order valence-electron chi connectivity index (χ0n) is 9.03. The maximum Gasteiger partial charge on any atom is 0.187 e. The number of aryl methyl sites for hydroxylation is 1. The summed E-state index contributed by atoms with van der Waals surface area (Å²) in [6.07, 6.45) is 1.06. The summed E-state index contributed by atoms with van der Waals surface area (Å²) in [4.78, 5) is 4.34. The zero-order valence-corrected chi connectivity index (χ0v) is 10.6. The molecule has 1 aromatic heterocycles. The van der Waals surface area contributed by atoms with Gasteiger partial charge in [0.2, 0.25) is 0 Å². The van der Waals surface area contributed by atoms with E-state index in [-0.39, 0.29) is 0 Å². The predicted octanol–water partition coefficient (Wildman–Crippen LogP) is 4.19. The molecule has 0 unspecified atom stereocenters. The van der Waals surface area contributed by atoms with Crippen molar-refractivity contribution in [2.45, 2.75) is 19.2 Å². The second-order valence-electron chi connectivity index (χ2n) is 3.45. The highest BCUT2D eigenvalue weighted by atomic mass is 35.5. The van der Waals surface area contributed by atoms with E-state index in [0.29, 0.717) is 5.88 Å². The molecule has 1 N–H and O–H groups in total. The fourth-order valence-corrected chi connectivity index (χ4v) is 2.33. The van der Waals surface area contributed by atoms with Crippen molar-refractivity contribution in [3.05, 3.63) is 40.9 Å². The van der Waals surface area contributed by atoms with Crippen molar-refractivity contribution >= 4 is 33.8 Å². The number of hydrogen-bond acceptors (Lipinski definition) is 3. The lowest BCUT2D eigenvalue weighted by atomic mass is 10.1. The van der Waals surface area contributed by atoms with Gasteiger partial charge >= 0.3 is 0 Å². The third-order valence-corrected chi connectivity index (χ3v) is 3.38. The Morgan fingerprint density at radius 1 is 1.31 bits per heavy atom. The smallest absolute Gasteiger partial charge is 0.187 e. The maximum atomic E-state index is 5.70. The summed E-state index contributed by atoms with van der Waals surface area (Å²) in [5.41, 5.74) is 3.32. The quantitative estimate of drug-likeness (QED) is 0.826. The van der Waals surface area contributed by atoms with E-state index in [0.717, 1.165) is 22.9 Å². The monoisotopic (exact) mass is 252 g/mol. The number of anilines is 2. The van der Waals surface area contributed by atoms with Crippen LogP contribution in [-0.4, -0.2) is 4.98 Å². The van der Waals surface area contributed by atoms with E-state index < -0.39 is 0 Å². The number of thiazole rings is 1. The van der Waals surface area contributed by atoms with Crippen molar-refractivity contribution < 1.29 is 0 Å². The fourth-order valence-electron chi connectivity index (χ4n) is 1.37. The highest BCUT2D eigenvalue weighted by Gasteiger charge is 2.01. The Hall–Kier alpha value is -1.06. The number of alkyl halides is 1. The first-order valence-corrected chi connectivity index (χ1v) is 6.59. The number of benzene rings is 1. The predicted molar refractivity (Wildman–Crippen MR) is 70.8 cm³/mol. The molecule has 0 aliphatic heterocycles. The summed E-state index contributed by atoms with van der Waals surface area (Å²) in [7, 11) is 0. The molecule has 0 aliphatic carbocycles. The molecule has 2 rings (SSSR count). The molecule has 0 aliphatic rings. The van der Waals surface area contributed by atoms with Crippen LogP contribution in [0, 0.1) is 0 Å². The first-order chi connectivity index (χ1) is 7.81. The Morgan fingerprint density at radius 2 is 2.06 bits per heavy atom. The van der Waals surface area contributed by atoms with Crippen LogP contribution < -0.4 is 5.32 Å². The number of rotatable bonds is 4. The van der Waals surface area contributed by atoms with Gasteiger partial charge in [-0.3, -0.25) is 0 Å². The van der Waals surface area contributed by atoms with Crippen molar-refractivity contribution in [1.82, 2.24) is 4.98 Å². The summed E-state index contributed by atoms with van der Waals surface area (Å²) >= 11 is 7.27. The Kier molecular flexibility index (Phi) is 3.80. The van der Waals surface area contributed by atoms with Gasteiger partial charge in [-0.15, -0.1) is 22.9 Å². The van der Waals surface area contributed by atoms with Crippen LogP contribution in [0.15, 0.2) is 29.6 Å². The minimum Gasteiger partial charge on any atom is -0.332 e. The molecule has 2 aromatic rings. The zero-order chi connectivity index (χ0) is 11.4. The van der Waals surface area contributed by atoms with Gasteiger partial charge in [-0.05, 0) is 24.1 Å². The van der Waals surface area contributed by atoms with E-state index in [2.05, 4.69) is 41.5 Å². The molecule has 0 radical (unpaired) electrons. The van der Waals surface area contributed by atoms with E-state index in [1.54, 1.807) is 11.3 Å². The van der Waals surface area contributed by atoms with E-state index in [1.807, 2.05) is 5.38 Å². The van der Waals surface area contributed by atoms with Crippen LogP contribution >= 0.6 is 22.9 Å². The Balaban J connectivity index is 2.08. The molecule has 0 atom stereocenters. The second-order valence-corrected chi connectivity index (χ2v) is 4.58. The van der Waals surface area contributed by atoms with Crippen molar-refractivity contribution in [2.75, 3.05) is 5.32 Å². The lowest BCUT2D eigenvalue weighted by molar-refractivity contribution is 1.14. The molecule has 2 nitrogen and oxygen atoms in total. The molecular weight excluding hydrogens is 240 g/mol. The summed E-state index contributed by atoms with van der Waals surface area (Å²) in [5, 5.41) is 6.12. The molecule has 0 amide bonds. The minimum atomic E-state index is 0.465. The topological polar surface area (TPSA) is 24.9 Å². The molecule has 84 valence electrons. The Bertz CT molecular complexity index is 450. The molecule has 1 heterocycles. The van der Waals surface area contributed by atoms with Crippen LogP contribution in [0.3, 0.4) is 0 Å². The molecule has 0 bridgehead atoms. The van der Waals surface area contributed by atoms with Crippen molar-refractivity contribution in [3.8, 4) is 0 Å². The van der Waals surface area contributed by atoms with Gasteiger partial charge in [0.05, 0.1) is 11.6 Å². The molecule has 0 fully saturated rings. The standard InChI is InChI=1S/C12H13ClN2S/c1-2-9-3-5-10(6-4-9)14-12-15-11(7-13)8-16-12/h3-6,8H,2,7H2,1H3,(H,14,15). The molecule has 1 aromatic carbocycles. The number of aromatic nitrogens is 1. The minimum absolute atomic E-state index is 0.465. The average molecular weight is 253 g/mol. The fraction of sp³-hybridized carbons (Fsp3) is 0.250. The van der Waals surface area contributed by atoms with Gasteiger partial charge in [-0.25, -0.2) is 4.98 Å². The number of hydrogen-bond donors (Lipinski definition) is 1. The van der Waals surface area contributed by atoms with E-state index >= 15 is 0 Å². The molecule has 0 saturated heterocycles. The third kappa shape index (κ3) is 2.74. The molecule has 4 heteroatoms. The summed E-state index contributed by atoms with van der Waals surface area (Å²) in [6.45, 7) is 2.15. The molecule has 16 heavy (non-hydrogen) atoms. The SMILES string of the molecule is CCc1ccc(Nc2nc(CCl)cs2)cc1. The highest BCUT2D eigenvalue weighted by molar-refractivity contribution is 7.13. The Labute approximate surface area is 104 Å². The van der Waals surface area contributed by atoms with Gasteiger partial charge in [-0.1, -0.05) is 19.1 Å². The molecule has 0 saturated carbocycles. The van der Waals surface area contributed by atoms with Gasteiger partial charge in [0.25, 0.3) is 0 Å². The maximum absolute atomic E-state index is 5.70. The summed E-state index contributed by atoms with van der Waals surface area (Å²) in [6, 6.07) is 8.39. The first kappa shape index (κ1) is 11.4. The van der Waals surface area contributed by atoms with Crippen molar-refractivity contribution in [1.29, 1.82) is 0 Å². The highest BCUT2D eigenvalue weighted by Crippen LogP contribution is 2.21. The largest absolute Gasteiger partial charge is 0.332 e. The first-order valence-electron chi connectivity index (χ1n) is 5.18. The lowest BCUT2D eigenvalue weighted by Crippen LogP contribution is -1.90. The van der Waals surface area contributed by atoms with Crippen LogP contribution in [0.2, 0.25) is 0 Å². The lowest BCUT2D eigenvalue weighted by Gasteiger charge is -2.03. The second kappa shape index (κ2) is 5.32. The number of nitrogens with zero attached hydrogens (tertiary/aromatic N) is 1. The van der Waals surface area contributed by atoms with Crippen LogP contribution in [0.4, 0.5) is 10.8 Å². The third-order valence-electron chi connectivity index (χ3n) is 2.30. The van der Waals surface area contributed by atoms with Gasteiger partial charge in [0.1, 0.15) is 0 Å². The van der Waals surface area contributed by atoms with E-state index in [9.17, 15) is 0 Å². The van der Waals surface area contributed by atoms with E-state index in [1.165, 1.54) is 5.56 Å². The summed E-state index contributed by atoms with van der Waals surface area (Å²) in [5.74, 6) is 0.465. The van der Waals surface area contributed by atoms with Crippen LogP contribution in [-0.2, 0) is 12.3 Å². The van der Waals surface area contributed by atoms with Gasteiger partial charge in [-0.2, -0.15) is 0 Å². The number of halogens is 1. The molecule has 0 spiro atoms.